The highest BCUT2D eigenvalue weighted by Gasteiger charge is 2.08. The lowest BCUT2D eigenvalue weighted by Gasteiger charge is -2.23. The number of nitrogens with zero attached hydrogens (tertiary/aromatic N) is 3. The van der Waals surface area contributed by atoms with Crippen molar-refractivity contribution in [3.63, 3.8) is 0 Å². The fourth-order valence-corrected chi connectivity index (χ4v) is 1.84. The first-order valence-corrected chi connectivity index (χ1v) is 7.23. The van der Waals surface area contributed by atoms with E-state index in [4.69, 9.17) is 0 Å². The SMILES string of the molecule is CCC(C)N(C)CCNc1nc(C)cc(C(C)C)n1. The molecule has 0 saturated carbocycles. The Kier molecular flexibility index (Phi) is 6.22. The molecule has 1 heterocycles. The highest BCUT2D eigenvalue weighted by molar-refractivity contribution is 5.29. The van der Waals surface area contributed by atoms with Crippen molar-refractivity contribution >= 4 is 5.95 Å². The lowest BCUT2D eigenvalue weighted by Crippen LogP contribution is -2.33. The number of rotatable bonds is 7. The number of nitrogens with one attached hydrogen (secondary N) is 1. The number of likely N-dealkylation sites (N-methyl/N-ethyl adjacent to an activating group) is 1. The molecule has 1 aromatic heterocycles. The molecule has 0 spiro atoms. The first-order valence-electron chi connectivity index (χ1n) is 7.23. The Bertz CT molecular complexity index is 390. The van der Waals surface area contributed by atoms with E-state index < -0.39 is 0 Å². The van der Waals surface area contributed by atoms with Crippen molar-refractivity contribution in [1.29, 1.82) is 0 Å². The van der Waals surface area contributed by atoms with E-state index in [0.717, 1.165) is 30.4 Å². The number of aryl methyl sites for hydroxylation is 1. The third-order valence-electron chi connectivity index (χ3n) is 3.56. The van der Waals surface area contributed by atoms with E-state index in [-0.39, 0.29) is 0 Å². The van der Waals surface area contributed by atoms with Gasteiger partial charge in [-0.1, -0.05) is 20.8 Å². The van der Waals surface area contributed by atoms with Crippen LogP contribution in [-0.4, -0.2) is 41.0 Å². The normalized spacial score (nSPS) is 13.1. The van der Waals surface area contributed by atoms with Crippen LogP contribution in [0.3, 0.4) is 0 Å². The molecule has 0 radical (unpaired) electrons. The van der Waals surface area contributed by atoms with Crippen molar-refractivity contribution in [3.05, 3.63) is 17.5 Å². The van der Waals surface area contributed by atoms with Crippen LogP contribution in [0.5, 0.6) is 0 Å². The zero-order valence-corrected chi connectivity index (χ0v) is 13.2. The van der Waals surface area contributed by atoms with Gasteiger partial charge in [0.15, 0.2) is 0 Å². The minimum absolute atomic E-state index is 0.435. The summed E-state index contributed by atoms with van der Waals surface area (Å²) in [5, 5.41) is 3.33. The van der Waals surface area contributed by atoms with Gasteiger partial charge in [0.2, 0.25) is 5.95 Å². The predicted octanol–water partition coefficient (Wildman–Crippen LogP) is 3.05. The molecule has 0 saturated heterocycles. The van der Waals surface area contributed by atoms with E-state index in [9.17, 15) is 0 Å². The third-order valence-corrected chi connectivity index (χ3v) is 3.56. The van der Waals surface area contributed by atoms with Gasteiger partial charge in [-0.15, -0.1) is 0 Å². The monoisotopic (exact) mass is 264 g/mol. The fourth-order valence-electron chi connectivity index (χ4n) is 1.84. The number of hydrogen-bond donors (Lipinski definition) is 1. The van der Waals surface area contributed by atoms with E-state index >= 15 is 0 Å². The number of aromatic nitrogens is 2. The standard InChI is InChI=1S/C15H28N4/c1-7-13(5)19(6)9-8-16-15-17-12(4)10-14(18-15)11(2)3/h10-11,13H,7-9H2,1-6H3,(H,16,17,18). The van der Waals surface area contributed by atoms with Crippen LogP contribution in [0.4, 0.5) is 5.95 Å². The Morgan fingerprint density at radius 2 is 1.95 bits per heavy atom. The van der Waals surface area contributed by atoms with Gasteiger partial charge in [0.25, 0.3) is 0 Å². The van der Waals surface area contributed by atoms with Gasteiger partial charge in [0.1, 0.15) is 0 Å². The molecule has 0 bridgehead atoms. The van der Waals surface area contributed by atoms with Crippen LogP contribution in [0.15, 0.2) is 6.07 Å². The Labute approximate surface area is 117 Å². The maximum absolute atomic E-state index is 4.55. The highest BCUT2D eigenvalue weighted by Crippen LogP contribution is 2.14. The molecule has 108 valence electrons. The topological polar surface area (TPSA) is 41.0 Å². The summed E-state index contributed by atoms with van der Waals surface area (Å²) in [6, 6.07) is 2.67. The first kappa shape index (κ1) is 15.9. The average molecular weight is 264 g/mol. The van der Waals surface area contributed by atoms with Crippen molar-refractivity contribution in [3.8, 4) is 0 Å². The first-order chi connectivity index (χ1) is 8.93. The van der Waals surface area contributed by atoms with Gasteiger partial charge in [0, 0.05) is 30.5 Å². The average Bonchev–Trinajstić information content (AvgIpc) is 2.36. The molecular weight excluding hydrogens is 236 g/mol. The zero-order valence-electron chi connectivity index (χ0n) is 13.2. The summed E-state index contributed by atoms with van der Waals surface area (Å²) in [6.45, 7) is 12.7. The molecule has 0 aliphatic rings. The summed E-state index contributed by atoms with van der Waals surface area (Å²) in [5.41, 5.74) is 2.13. The second-order valence-electron chi connectivity index (χ2n) is 5.58. The maximum Gasteiger partial charge on any atom is 0.223 e. The fraction of sp³-hybridized carbons (Fsp3) is 0.733. The molecule has 1 rings (SSSR count). The van der Waals surface area contributed by atoms with Crippen molar-refractivity contribution in [1.82, 2.24) is 14.9 Å². The smallest absolute Gasteiger partial charge is 0.223 e. The minimum atomic E-state index is 0.435. The van der Waals surface area contributed by atoms with Gasteiger partial charge >= 0.3 is 0 Å². The van der Waals surface area contributed by atoms with Gasteiger partial charge in [-0.3, -0.25) is 0 Å². The molecule has 0 aliphatic carbocycles. The Hall–Kier alpha value is -1.16. The van der Waals surface area contributed by atoms with E-state index in [1.807, 2.05) is 6.92 Å². The Balaban J connectivity index is 2.54. The zero-order chi connectivity index (χ0) is 14.4. The van der Waals surface area contributed by atoms with Crippen LogP contribution in [0, 0.1) is 6.92 Å². The summed E-state index contributed by atoms with van der Waals surface area (Å²) in [5.74, 6) is 1.19. The van der Waals surface area contributed by atoms with Crippen molar-refractivity contribution in [2.24, 2.45) is 0 Å². The van der Waals surface area contributed by atoms with Crippen LogP contribution in [0.25, 0.3) is 0 Å². The summed E-state index contributed by atoms with van der Waals surface area (Å²) in [6.07, 6.45) is 1.18. The van der Waals surface area contributed by atoms with Crippen LogP contribution in [0.2, 0.25) is 0 Å². The van der Waals surface area contributed by atoms with E-state index in [1.54, 1.807) is 0 Å². The molecule has 0 fully saturated rings. The van der Waals surface area contributed by atoms with Gasteiger partial charge in [-0.05, 0) is 39.3 Å². The molecule has 4 nitrogen and oxygen atoms in total. The largest absolute Gasteiger partial charge is 0.353 e. The Morgan fingerprint density at radius 3 is 2.53 bits per heavy atom. The van der Waals surface area contributed by atoms with E-state index in [2.05, 4.69) is 61.0 Å². The van der Waals surface area contributed by atoms with Gasteiger partial charge < -0.3 is 10.2 Å². The second-order valence-corrected chi connectivity index (χ2v) is 5.58. The lowest BCUT2D eigenvalue weighted by molar-refractivity contribution is 0.261. The molecule has 0 amide bonds. The predicted molar refractivity (Wildman–Crippen MR) is 81.7 cm³/mol. The van der Waals surface area contributed by atoms with Gasteiger partial charge in [-0.2, -0.15) is 0 Å². The van der Waals surface area contributed by atoms with Gasteiger partial charge in [0.05, 0.1) is 0 Å². The molecular formula is C15H28N4. The van der Waals surface area contributed by atoms with Crippen LogP contribution >= 0.6 is 0 Å². The van der Waals surface area contributed by atoms with Crippen molar-refractivity contribution in [2.75, 3.05) is 25.5 Å². The lowest BCUT2D eigenvalue weighted by atomic mass is 10.1. The second kappa shape index (κ2) is 7.43. The summed E-state index contributed by atoms with van der Waals surface area (Å²) >= 11 is 0. The maximum atomic E-state index is 4.55. The number of anilines is 1. The molecule has 1 N–H and O–H groups in total. The van der Waals surface area contributed by atoms with Crippen molar-refractivity contribution in [2.45, 2.75) is 53.0 Å². The molecule has 1 aromatic rings. The summed E-state index contributed by atoms with van der Waals surface area (Å²) in [4.78, 5) is 11.3. The van der Waals surface area contributed by atoms with Crippen LogP contribution in [0.1, 0.15) is 51.4 Å². The molecule has 1 unspecified atom stereocenters. The van der Waals surface area contributed by atoms with Crippen LogP contribution < -0.4 is 5.32 Å². The molecule has 4 heteroatoms. The summed E-state index contributed by atoms with van der Waals surface area (Å²) in [7, 11) is 2.16. The quantitative estimate of drug-likeness (QED) is 0.822. The molecule has 0 aromatic carbocycles. The molecule has 19 heavy (non-hydrogen) atoms. The third kappa shape index (κ3) is 5.15. The van der Waals surface area contributed by atoms with E-state index in [0.29, 0.717) is 12.0 Å². The Morgan fingerprint density at radius 1 is 1.26 bits per heavy atom. The van der Waals surface area contributed by atoms with Gasteiger partial charge in [-0.25, -0.2) is 9.97 Å². The number of hydrogen-bond acceptors (Lipinski definition) is 4. The molecule has 0 aliphatic heterocycles. The van der Waals surface area contributed by atoms with E-state index in [1.165, 1.54) is 6.42 Å². The molecule has 1 atom stereocenters. The highest BCUT2D eigenvalue weighted by atomic mass is 15.2. The summed E-state index contributed by atoms with van der Waals surface area (Å²) < 4.78 is 0. The van der Waals surface area contributed by atoms with Crippen molar-refractivity contribution < 1.29 is 0 Å². The van der Waals surface area contributed by atoms with Crippen LogP contribution in [-0.2, 0) is 0 Å². The minimum Gasteiger partial charge on any atom is -0.353 e.